The number of amides is 2. The van der Waals surface area contributed by atoms with Crippen LogP contribution >= 0.6 is 23.5 Å². The molecule has 0 radical (unpaired) electrons. The first-order valence-corrected chi connectivity index (χ1v) is 20.3. The van der Waals surface area contributed by atoms with E-state index in [4.69, 9.17) is 4.74 Å². The topological polar surface area (TPSA) is 247 Å². The molecular formula is C40H40N14O5S2. The number of benzene rings is 2. The van der Waals surface area contributed by atoms with Crippen molar-refractivity contribution in [3.05, 3.63) is 108 Å². The van der Waals surface area contributed by atoms with Gasteiger partial charge in [0.25, 0.3) is 0 Å². The molecule has 8 rings (SSSR count). The molecule has 19 nitrogen and oxygen atoms in total. The lowest BCUT2D eigenvalue weighted by Crippen LogP contribution is -2.05. The Hall–Kier alpha value is -7.23. The summed E-state index contributed by atoms with van der Waals surface area (Å²) >= 11 is 2.90. The second kappa shape index (κ2) is 18.8. The van der Waals surface area contributed by atoms with Crippen molar-refractivity contribution in [2.75, 3.05) is 27.9 Å². The van der Waals surface area contributed by atoms with E-state index in [9.17, 15) is 19.5 Å². The van der Waals surface area contributed by atoms with Gasteiger partial charge in [0.1, 0.15) is 21.3 Å². The van der Waals surface area contributed by atoms with Crippen LogP contribution in [0.1, 0.15) is 48.3 Å². The van der Waals surface area contributed by atoms with Crippen molar-refractivity contribution in [3.8, 4) is 0 Å². The number of anilines is 6. The fraction of sp³-hybridized carbons (Fsp3) is 0.175. The number of nitrogens with zero attached hydrogens (tertiary/aromatic N) is 8. The zero-order valence-corrected chi connectivity index (χ0v) is 35.1. The lowest BCUT2D eigenvalue weighted by molar-refractivity contribution is -0.115. The van der Waals surface area contributed by atoms with E-state index in [2.05, 4.69) is 61.6 Å². The molecule has 2 aromatic carbocycles. The number of nitrogens with one attached hydrogen (secondary N) is 6. The van der Waals surface area contributed by atoms with Crippen LogP contribution in [0.15, 0.2) is 105 Å². The first kappa shape index (κ1) is 41.9. The molecule has 6 heterocycles. The van der Waals surface area contributed by atoms with E-state index in [0.717, 1.165) is 31.9 Å². The maximum absolute atomic E-state index is 12.2. The monoisotopic (exact) mass is 860 g/mol. The van der Waals surface area contributed by atoms with Crippen LogP contribution in [0.5, 0.6) is 0 Å². The van der Waals surface area contributed by atoms with Gasteiger partial charge in [0.05, 0.1) is 18.9 Å². The summed E-state index contributed by atoms with van der Waals surface area (Å²) in [7, 11) is 0. The molecule has 0 bridgehead atoms. The maximum Gasteiger partial charge on any atom is 0.358 e. The fourth-order valence-corrected chi connectivity index (χ4v) is 7.32. The van der Waals surface area contributed by atoms with Gasteiger partial charge in [-0.1, -0.05) is 23.5 Å². The minimum Gasteiger partial charge on any atom is -0.461 e. The Labute approximate surface area is 356 Å². The second-order valence-corrected chi connectivity index (χ2v) is 15.5. The van der Waals surface area contributed by atoms with E-state index in [1.54, 1.807) is 34.2 Å². The molecule has 0 aliphatic carbocycles. The molecule has 0 aliphatic heterocycles. The third-order valence-corrected chi connectivity index (χ3v) is 10.1. The number of aliphatic hydroxyl groups is 1. The van der Waals surface area contributed by atoms with E-state index < -0.39 is 5.97 Å². The summed E-state index contributed by atoms with van der Waals surface area (Å²) in [4.78, 5) is 54.7. The molecule has 21 heteroatoms. The Morgan fingerprint density at radius 3 is 1.59 bits per heavy atom. The fourth-order valence-electron chi connectivity index (χ4n) is 5.70. The van der Waals surface area contributed by atoms with Crippen molar-refractivity contribution in [1.82, 2.24) is 49.1 Å². The highest BCUT2D eigenvalue weighted by Gasteiger charge is 2.17. The molecule has 0 unspecified atom stereocenters. The SMILES string of the molecule is CC(=O)Nc1ccc(Sc2cc3nc(CO)cn3c(Nc3cc(C)[nH]n3)n2)cc1.CCOC(=O)c1cn2c(Nc3cc(C)[nH]n3)nc(Sc3ccc(NC(C)=O)cc3)cc2n1. The molecule has 0 atom stereocenters. The average molecular weight is 861 g/mol. The Balaban J connectivity index is 0.000000185. The number of H-pyrrole nitrogens is 2. The molecule has 7 N–H and O–H groups in total. The average Bonchev–Trinajstić information content (AvgIpc) is 4.04. The van der Waals surface area contributed by atoms with Crippen molar-refractivity contribution in [3.63, 3.8) is 0 Å². The van der Waals surface area contributed by atoms with Crippen molar-refractivity contribution in [2.24, 2.45) is 0 Å². The number of carbonyl (C=O) groups excluding carboxylic acids is 3. The zero-order valence-electron chi connectivity index (χ0n) is 33.5. The molecule has 2 amide bonds. The standard InChI is InChI=1S/C21H21N7O3S.C19H19N7O2S/c1-4-31-20(30)16-11-28-18(23-16)10-19(25-21(28)24-17-9-12(2)26-27-17)32-15-7-5-14(6-8-15)22-13(3)29;1-11-7-16(25-24-11)22-19-23-18(8-17-21-14(10-27)9-26(17)19)29-15-5-3-13(4-6-15)20-12(2)28/h5-11H,4H2,1-3H3,(H,22,29)(H2,24,25,26,27);3-9,27H,10H2,1-2H3,(H,20,28)(H2,22,23,24,25). The van der Waals surface area contributed by atoms with E-state index in [1.165, 1.54) is 37.4 Å². The first-order valence-electron chi connectivity index (χ1n) is 18.7. The Morgan fingerprint density at radius 2 is 1.16 bits per heavy atom. The Morgan fingerprint density at radius 1 is 0.689 bits per heavy atom. The molecule has 0 saturated heterocycles. The number of hydrogen-bond acceptors (Lipinski definition) is 15. The van der Waals surface area contributed by atoms with Gasteiger partial charge in [-0.3, -0.25) is 28.6 Å². The first-order chi connectivity index (χ1) is 29.4. The number of ether oxygens (including phenoxy) is 1. The summed E-state index contributed by atoms with van der Waals surface area (Å²) < 4.78 is 8.53. The third kappa shape index (κ3) is 10.9. The molecule has 8 aromatic rings. The summed E-state index contributed by atoms with van der Waals surface area (Å²) in [5.74, 6) is 1.48. The third-order valence-electron chi connectivity index (χ3n) is 8.24. The largest absolute Gasteiger partial charge is 0.461 e. The second-order valence-electron chi connectivity index (χ2n) is 13.3. The highest BCUT2D eigenvalue weighted by Crippen LogP contribution is 2.32. The normalized spacial score (nSPS) is 10.9. The van der Waals surface area contributed by atoms with E-state index in [0.29, 0.717) is 51.2 Å². The smallest absolute Gasteiger partial charge is 0.358 e. The van der Waals surface area contributed by atoms with Gasteiger partial charge in [0.15, 0.2) is 17.3 Å². The number of fused-ring (bicyclic) bond motifs is 2. The van der Waals surface area contributed by atoms with Gasteiger partial charge in [-0.15, -0.1) is 0 Å². The van der Waals surface area contributed by atoms with Gasteiger partial charge in [-0.05, 0) is 69.3 Å². The van der Waals surface area contributed by atoms with Gasteiger partial charge in [0, 0.05) is 83.1 Å². The number of imidazole rings is 2. The summed E-state index contributed by atoms with van der Waals surface area (Å²) in [5, 5.41) is 36.8. The number of aryl methyl sites for hydroxylation is 2. The minimum atomic E-state index is -0.500. The van der Waals surface area contributed by atoms with Crippen LogP contribution in [-0.2, 0) is 20.9 Å². The quantitative estimate of drug-likeness (QED) is 0.0460. The number of aliphatic hydroxyl groups excluding tert-OH is 1. The van der Waals surface area contributed by atoms with Crippen LogP contribution in [0.25, 0.3) is 11.3 Å². The number of aromatic amines is 2. The number of rotatable bonds is 13. The van der Waals surface area contributed by atoms with Crippen LogP contribution in [0.3, 0.4) is 0 Å². The van der Waals surface area contributed by atoms with Gasteiger partial charge in [-0.2, -0.15) is 10.2 Å². The zero-order chi connectivity index (χ0) is 43.0. The lowest BCUT2D eigenvalue weighted by atomic mass is 10.3. The van der Waals surface area contributed by atoms with Gasteiger partial charge in [-0.25, -0.2) is 24.7 Å². The predicted octanol–water partition coefficient (Wildman–Crippen LogP) is 6.90. The lowest BCUT2D eigenvalue weighted by Gasteiger charge is -2.09. The van der Waals surface area contributed by atoms with Gasteiger partial charge < -0.3 is 31.1 Å². The number of esters is 1. The van der Waals surface area contributed by atoms with Crippen molar-refractivity contribution >= 4 is 87.5 Å². The molecule has 0 saturated carbocycles. The Kier molecular flexibility index (Phi) is 12.9. The van der Waals surface area contributed by atoms with Crippen molar-refractivity contribution in [1.29, 1.82) is 0 Å². The maximum atomic E-state index is 12.2. The summed E-state index contributed by atoms with van der Waals surface area (Å²) in [6, 6.07) is 22.3. The molecular weight excluding hydrogens is 821 g/mol. The summed E-state index contributed by atoms with van der Waals surface area (Å²) in [6.45, 7) is 8.60. The van der Waals surface area contributed by atoms with Crippen molar-refractivity contribution in [2.45, 2.75) is 61.1 Å². The molecule has 0 aliphatic rings. The van der Waals surface area contributed by atoms with Crippen LogP contribution in [0.4, 0.5) is 34.9 Å². The predicted molar refractivity (Wildman–Crippen MR) is 231 cm³/mol. The Bertz CT molecular complexity index is 2830. The molecule has 312 valence electrons. The molecule has 61 heavy (non-hydrogen) atoms. The van der Waals surface area contributed by atoms with Crippen LogP contribution in [0.2, 0.25) is 0 Å². The number of carbonyl (C=O) groups is 3. The molecule has 0 fully saturated rings. The summed E-state index contributed by atoms with van der Waals surface area (Å²) in [5.41, 5.74) is 5.22. The highest BCUT2D eigenvalue weighted by molar-refractivity contribution is 7.99. The molecule has 0 spiro atoms. The van der Waals surface area contributed by atoms with Crippen LogP contribution in [-0.4, -0.2) is 78.6 Å². The van der Waals surface area contributed by atoms with Gasteiger partial charge in [0.2, 0.25) is 23.7 Å². The van der Waals surface area contributed by atoms with E-state index in [1.807, 2.05) is 80.6 Å². The van der Waals surface area contributed by atoms with Crippen LogP contribution in [0, 0.1) is 13.8 Å². The van der Waals surface area contributed by atoms with E-state index in [-0.39, 0.29) is 30.7 Å². The van der Waals surface area contributed by atoms with Crippen LogP contribution < -0.4 is 21.3 Å². The minimum absolute atomic E-state index is 0.110. The number of aromatic nitrogens is 10. The summed E-state index contributed by atoms with van der Waals surface area (Å²) in [6.07, 6.45) is 3.32. The molecule has 6 aromatic heterocycles. The number of hydrogen-bond donors (Lipinski definition) is 7. The van der Waals surface area contributed by atoms with Gasteiger partial charge >= 0.3 is 5.97 Å². The van der Waals surface area contributed by atoms with E-state index >= 15 is 0 Å². The van der Waals surface area contributed by atoms with Crippen molar-refractivity contribution < 1.29 is 24.2 Å². The highest BCUT2D eigenvalue weighted by atomic mass is 32.2.